The van der Waals surface area contributed by atoms with Crippen LogP contribution in [0.5, 0.6) is 0 Å². The van der Waals surface area contributed by atoms with Crippen molar-refractivity contribution in [1.82, 2.24) is 20.6 Å². The minimum atomic E-state index is 0.493. The van der Waals surface area contributed by atoms with Crippen molar-refractivity contribution in [2.24, 2.45) is 0 Å². The molecule has 3 aromatic rings. The predicted molar refractivity (Wildman–Crippen MR) is 71.0 cm³/mol. The molecule has 0 bridgehead atoms. The lowest BCUT2D eigenvalue weighted by molar-refractivity contribution is 0.373. The van der Waals surface area contributed by atoms with Gasteiger partial charge in [-0.05, 0) is 25.0 Å². The van der Waals surface area contributed by atoms with Crippen molar-refractivity contribution in [2.75, 3.05) is 0 Å². The van der Waals surface area contributed by atoms with E-state index in [4.69, 9.17) is 9.05 Å². The average molecular weight is 270 g/mol. The normalized spacial score (nSPS) is 15.0. The van der Waals surface area contributed by atoms with Crippen molar-refractivity contribution in [2.45, 2.75) is 31.8 Å². The van der Waals surface area contributed by atoms with Crippen LogP contribution in [0.4, 0.5) is 0 Å². The Morgan fingerprint density at radius 3 is 2.95 bits per heavy atom. The Hall–Kier alpha value is -2.21. The molecule has 0 unspecified atom stereocenters. The van der Waals surface area contributed by atoms with Crippen molar-refractivity contribution >= 4 is 11.0 Å². The van der Waals surface area contributed by atoms with Gasteiger partial charge in [-0.3, -0.25) is 0 Å². The van der Waals surface area contributed by atoms with Crippen molar-refractivity contribution in [3.05, 3.63) is 41.7 Å². The molecule has 0 atom stereocenters. The van der Waals surface area contributed by atoms with E-state index < -0.39 is 0 Å². The molecule has 0 radical (unpaired) electrons. The third kappa shape index (κ3) is 2.30. The van der Waals surface area contributed by atoms with E-state index in [9.17, 15) is 0 Å². The van der Waals surface area contributed by atoms with Crippen LogP contribution in [-0.4, -0.2) is 21.3 Å². The van der Waals surface area contributed by atoms with Gasteiger partial charge < -0.3 is 14.4 Å². The molecule has 4 rings (SSSR count). The molecule has 1 aliphatic carbocycles. The summed E-state index contributed by atoms with van der Waals surface area (Å²) in [4.78, 5) is 4.37. The van der Waals surface area contributed by atoms with Gasteiger partial charge in [0, 0.05) is 11.4 Å². The van der Waals surface area contributed by atoms with Gasteiger partial charge >= 0.3 is 0 Å². The summed E-state index contributed by atoms with van der Waals surface area (Å²) in [6, 6.07) is 8.39. The number of nitrogens with one attached hydrogen (secondary N) is 1. The monoisotopic (exact) mass is 270 g/mol. The van der Waals surface area contributed by atoms with Gasteiger partial charge in [0.1, 0.15) is 5.69 Å². The molecule has 1 aromatic carbocycles. The first-order chi connectivity index (χ1) is 9.88. The highest BCUT2D eigenvalue weighted by atomic mass is 16.5. The number of para-hydroxylation sites is 1. The Kier molecular flexibility index (Phi) is 2.74. The summed E-state index contributed by atoms with van der Waals surface area (Å²) in [5.41, 5.74) is 1.60. The van der Waals surface area contributed by atoms with Crippen molar-refractivity contribution in [3.8, 4) is 0 Å². The van der Waals surface area contributed by atoms with Crippen LogP contribution >= 0.6 is 0 Å². The van der Waals surface area contributed by atoms with E-state index in [2.05, 4.69) is 20.6 Å². The first kappa shape index (κ1) is 11.6. The van der Waals surface area contributed by atoms with Gasteiger partial charge in [-0.15, -0.1) is 0 Å². The van der Waals surface area contributed by atoms with Crippen molar-refractivity contribution in [3.63, 3.8) is 0 Å². The maximum Gasteiger partial charge on any atom is 0.232 e. The average Bonchev–Trinajstić information content (AvgIpc) is 3.06. The topological polar surface area (TPSA) is 77.0 Å². The molecule has 6 heteroatoms. The molecule has 0 spiro atoms. The Labute approximate surface area is 115 Å². The number of fused-ring (bicyclic) bond motifs is 1. The predicted octanol–water partition coefficient (Wildman–Crippen LogP) is 2.05. The van der Waals surface area contributed by atoms with E-state index in [1.165, 1.54) is 12.8 Å². The van der Waals surface area contributed by atoms with Crippen molar-refractivity contribution in [1.29, 1.82) is 0 Å². The van der Waals surface area contributed by atoms with Gasteiger partial charge in [0.15, 0.2) is 11.4 Å². The number of rotatable bonds is 5. The van der Waals surface area contributed by atoms with E-state index in [1.54, 1.807) is 0 Å². The smallest absolute Gasteiger partial charge is 0.232 e. The summed E-state index contributed by atoms with van der Waals surface area (Å²) in [5.74, 6) is 1.26. The largest absolute Gasteiger partial charge is 0.356 e. The molecule has 1 aliphatic rings. The summed E-state index contributed by atoms with van der Waals surface area (Å²) in [6.07, 6.45) is 2.98. The van der Waals surface area contributed by atoms with Gasteiger partial charge in [-0.25, -0.2) is 0 Å². The van der Waals surface area contributed by atoms with Crippen LogP contribution in [0, 0.1) is 0 Å². The minimum absolute atomic E-state index is 0.493. The minimum Gasteiger partial charge on any atom is -0.356 e. The molecule has 6 nitrogen and oxygen atoms in total. The highest BCUT2D eigenvalue weighted by Gasteiger charge is 2.21. The molecule has 2 heterocycles. The summed E-state index contributed by atoms with van der Waals surface area (Å²) in [5, 5.41) is 12.4. The molecule has 1 N–H and O–H groups in total. The van der Waals surface area contributed by atoms with E-state index in [0.717, 1.165) is 16.7 Å². The lowest BCUT2D eigenvalue weighted by Crippen LogP contribution is -2.16. The van der Waals surface area contributed by atoms with Crippen LogP contribution in [-0.2, 0) is 13.0 Å². The molecule has 0 amide bonds. The third-order valence-electron chi connectivity index (χ3n) is 3.41. The van der Waals surface area contributed by atoms with Gasteiger partial charge in [-0.1, -0.05) is 22.4 Å². The van der Waals surface area contributed by atoms with Gasteiger partial charge in [-0.2, -0.15) is 4.98 Å². The lowest BCUT2D eigenvalue weighted by Gasteiger charge is -1.94. The second-order valence-corrected chi connectivity index (χ2v) is 5.06. The highest BCUT2D eigenvalue weighted by molar-refractivity contribution is 5.79. The van der Waals surface area contributed by atoms with E-state index in [0.29, 0.717) is 30.7 Å². The summed E-state index contributed by atoms with van der Waals surface area (Å²) in [7, 11) is 0. The highest BCUT2D eigenvalue weighted by Crippen LogP contribution is 2.21. The number of nitrogens with zero attached hydrogens (tertiary/aromatic N) is 3. The zero-order valence-corrected chi connectivity index (χ0v) is 10.9. The Bertz CT molecular complexity index is 729. The van der Waals surface area contributed by atoms with Crippen molar-refractivity contribution < 1.29 is 9.05 Å². The first-order valence-corrected chi connectivity index (χ1v) is 6.76. The third-order valence-corrected chi connectivity index (χ3v) is 3.41. The molecule has 0 aliphatic heterocycles. The first-order valence-electron chi connectivity index (χ1n) is 6.76. The molecule has 102 valence electrons. The number of aromatic nitrogens is 3. The number of benzene rings is 1. The SMILES string of the molecule is c1ccc2c(Cc3nc(CNC4CC4)no3)noc2c1. The van der Waals surface area contributed by atoms with Crippen LogP contribution < -0.4 is 5.32 Å². The van der Waals surface area contributed by atoms with Crippen LogP contribution in [0.1, 0.15) is 30.3 Å². The summed E-state index contributed by atoms with van der Waals surface area (Å²) >= 11 is 0. The molecule has 0 saturated heterocycles. The fraction of sp³-hybridized carbons (Fsp3) is 0.357. The quantitative estimate of drug-likeness (QED) is 0.764. The van der Waals surface area contributed by atoms with Crippen LogP contribution in [0.25, 0.3) is 11.0 Å². The Morgan fingerprint density at radius 1 is 1.15 bits per heavy atom. The molecule has 1 saturated carbocycles. The summed E-state index contributed by atoms with van der Waals surface area (Å²) < 4.78 is 10.5. The molecule has 1 fully saturated rings. The maximum atomic E-state index is 5.26. The molecule has 2 aromatic heterocycles. The lowest BCUT2D eigenvalue weighted by atomic mass is 10.2. The second-order valence-electron chi connectivity index (χ2n) is 5.06. The fourth-order valence-corrected chi connectivity index (χ4v) is 2.17. The van der Waals surface area contributed by atoms with Gasteiger partial charge in [0.2, 0.25) is 5.89 Å². The van der Waals surface area contributed by atoms with Gasteiger partial charge in [0.05, 0.1) is 13.0 Å². The Morgan fingerprint density at radius 2 is 2.05 bits per heavy atom. The zero-order chi connectivity index (χ0) is 13.4. The maximum absolute atomic E-state index is 5.26. The van der Waals surface area contributed by atoms with E-state index >= 15 is 0 Å². The van der Waals surface area contributed by atoms with Crippen LogP contribution in [0.2, 0.25) is 0 Å². The second kappa shape index (κ2) is 4.72. The van der Waals surface area contributed by atoms with E-state index in [1.807, 2.05) is 24.3 Å². The van der Waals surface area contributed by atoms with Crippen LogP contribution in [0.3, 0.4) is 0 Å². The molecular weight excluding hydrogens is 256 g/mol. The zero-order valence-electron chi connectivity index (χ0n) is 10.9. The Balaban J connectivity index is 1.50. The standard InChI is InChI=1S/C14H14N4O2/c1-2-4-12-10(3-1)11(17-19-12)7-14-16-13(18-20-14)8-15-9-5-6-9/h1-4,9,15H,5-8H2. The number of hydrogen-bond donors (Lipinski definition) is 1. The molecule has 20 heavy (non-hydrogen) atoms. The van der Waals surface area contributed by atoms with Gasteiger partial charge in [0.25, 0.3) is 0 Å². The van der Waals surface area contributed by atoms with Crippen LogP contribution in [0.15, 0.2) is 33.3 Å². The molecular formula is C14H14N4O2. The fourth-order valence-electron chi connectivity index (χ4n) is 2.17. The van der Waals surface area contributed by atoms with E-state index in [-0.39, 0.29) is 0 Å². The number of hydrogen-bond acceptors (Lipinski definition) is 6. The summed E-state index contributed by atoms with van der Waals surface area (Å²) in [6.45, 7) is 0.660.